The number of nitrogens with two attached hydrogens (primary N) is 1. The van der Waals surface area contributed by atoms with Crippen molar-refractivity contribution in [1.29, 1.82) is 0 Å². The molecule has 0 aliphatic rings. The summed E-state index contributed by atoms with van der Waals surface area (Å²) in [6.45, 7) is 1.90. The van der Waals surface area contributed by atoms with Gasteiger partial charge in [0, 0.05) is 20.4 Å². The van der Waals surface area contributed by atoms with Gasteiger partial charge < -0.3 is 5.73 Å². The molecule has 0 saturated heterocycles. The fraction of sp³-hybridized carbons (Fsp3) is 0.0714. The van der Waals surface area contributed by atoms with Gasteiger partial charge in [-0.05, 0) is 65.4 Å². The summed E-state index contributed by atoms with van der Waals surface area (Å²) >= 11 is 2.18. The number of anilines is 1. The first-order chi connectivity index (χ1) is 8.09. The van der Waals surface area contributed by atoms with E-state index < -0.39 is 0 Å². The van der Waals surface area contributed by atoms with Gasteiger partial charge >= 0.3 is 0 Å². The highest BCUT2D eigenvalue weighted by Crippen LogP contribution is 2.20. The number of halogens is 1. The molecule has 0 aliphatic carbocycles. The fourth-order valence-electron chi connectivity index (χ4n) is 1.73. The smallest absolute Gasteiger partial charge is 0.194 e. The van der Waals surface area contributed by atoms with E-state index in [-0.39, 0.29) is 5.78 Å². The third-order valence-corrected chi connectivity index (χ3v) is 3.55. The van der Waals surface area contributed by atoms with Crippen molar-refractivity contribution in [2.75, 3.05) is 5.73 Å². The lowest BCUT2D eigenvalue weighted by Gasteiger charge is -2.07. The van der Waals surface area contributed by atoms with Gasteiger partial charge in [-0.25, -0.2) is 0 Å². The van der Waals surface area contributed by atoms with Crippen molar-refractivity contribution in [2.45, 2.75) is 6.92 Å². The number of rotatable bonds is 2. The topological polar surface area (TPSA) is 43.1 Å². The molecule has 2 rings (SSSR count). The number of ketones is 1. The molecule has 0 saturated carbocycles. The van der Waals surface area contributed by atoms with Crippen LogP contribution in [0.2, 0.25) is 0 Å². The zero-order valence-corrected chi connectivity index (χ0v) is 11.6. The highest BCUT2D eigenvalue weighted by molar-refractivity contribution is 14.1. The molecule has 3 heteroatoms. The molecule has 0 aliphatic heterocycles. The number of nitrogen functional groups attached to an aromatic ring is 1. The van der Waals surface area contributed by atoms with Crippen molar-refractivity contribution >= 4 is 34.1 Å². The van der Waals surface area contributed by atoms with Crippen LogP contribution in [-0.2, 0) is 0 Å². The van der Waals surface area contributed by atoms with Crippen LogP contribution in [0.15, 0.2) is 42.5 Å². The Balaban J connectivity index is 2.48. The van der Waals surface area contributed by atoms with Gasteiger partial charge in [0.25, 0.3) is 0 Å². The molecule has 2 aromatic carbocycles. The van der Waals surface area contributed by atoms with E-state index in [2.05, 4.69) is 22.6 Å². The van der Waals surface area contributed by atoms with Crippen molar-refractivity contribution in [2.24, 2.45) is 0 Å². The van der Waals surface area contributed by atoms with Crippen LogP contribution in [0.4, 0.5) is 5.69 Å². The molecule has 0 unspecified atom stereocenters. The lowest BCUT2D eigenvalue weighted by atomic mass is 9.99. The maximum absolute atomic E-state index is 12.4. The summed E-state index contributed by atoms with van der Waals surface area (Å²) < 4.78 is 0.964. The van der Waals surface area contributed by atoms with E-state index in [1.165, 1.54) is 0 Å². The van der Waals surface area contributed by atoms with Crippen LogP contribution >= 0.6 is 22.6 Å². The Kier molecular flexibility index (Phi) is 3.47. The minimum Gasteiger partial charge on any atom is -0.399 e. The standard InChI is InChI=1S/C14H12INO/c1-9-8-10(16)6-7-11(9)14(17)12-4-2-3-5-13(12)15/h2-8H,16H2,1H3. The molecule has 86 valence electrons. The minimum atomic E-state index is 0.0486. The van der Waals surface area contributed by atoms with Crippen molar-refractivity contribution in [1.82, 2.24) is 0 Å². The van der Waals surface area contributed by atoms with Gasteiger partial charge in [0.1, 0.15) is 0 Å². The molecule has 0 atom stereocenters. The Morgan fingerprint density at radius 2 is 1.82 bits per heavy atom. The van der Waals surface area contributed by atoms with Crippen LogP contribution in [0.5, 0.6) is 0 Å². The maximum Gasteiger partial charge on any atom is 0.194 e. The molecule has 2 nitrogen and oxygen atoms in total. The zero-order valence-electron chi connectivity index (χ0n) is 9.41. The van der Waals surface area contributed by atoms with Crippen LogP contribution in [0.3, 0.4) is 0 Å². The molecule has 0 aromatic heterocycles. The van der Waals surface area contributed by atoms with Crippen molar-refractivity contribution < 1.29 is 4.79 Å². The minimum absolute atomic E-state index is 0.0486. The van der Waals surface area contributed by atoms with E-state index in [0.717, 1.165) is 14.7 Å². The molecule has 0 fully saturated rings. The van der Waals surface area contributed by atoms with Crippen molar-refractivity contribution in [3.05, 3.63) is 62.7 Å². The Morgan fingerprint density at radius 1 is 1.12 bits per heavy atom. The average molecular weight is 337 g/mol. The predicted octanol–water partition coefficient (Wildman–Crippen LogP) is 3.41. The lowest BCUT2D eigenvalue weighted by Crippen LogP contribution is -2.06. The molecule has 0 bridgehead atoms. The van der Waals surface area contributed by atoms with Gasteiger partial charge in [-0.15, -0.1) is 0 Å². The van der Waals surface area contributed by atoms with Crippen molar-refractivity contribution in [3.63, 3.8) is 0 Å². The zero-order chi connectivity index (χ0) is 12.4. The second-order valence-electron chi connectivity index (χ2n) is 3.88. The summed E-state index contributed by atoms with van der Waals surface area (Å²) in [5.41, 5.74) is 8.73. The van der Waals surface area contributed by atoms with Crippen LogP contribution in [0.25, 0.3) is 0 Å². The molecule has 2 N–H and O–H groups in total. The number of carbonyl (C=O) groups is 1. The average Bonchev–Trinajstić information content (AvgIpc) is 2.29. The molecule has 0 heterocycles. The molecule has 17 heavy (non-hydrogen) atoms. The molecule has 0 spiro atoms. The van der Waals surface area contributed by atoms with Crippen molar-refractivity contribution in [3.8, 4) is 0 Å². The van der Waals surface area contributed by atoms with Gasteiger partial charge in [-0.2, -0.15) is 0 Å². The van der Waals surface area contributed by atoms with E-state index >= 15 is 0 Å². The lowest BCUT2D eigenvalue weighted by molar-refractivity contribution is 0.103. The molecule has 0 amide bonds. The summed E-state index contributed by atoms with van der Waals surface area (Å²) in [6, 6.07) is 13.0. The normalized spacial score (nSPS) is 10.2. The third-order valence-electron chi connectivity index (χ3n) is 2.61. The number of benzene rings is 2. The quantitative estimate of drug-likeness (QED) is 0.518. The first kappa shape index (κ1) is 12.1. The Labute approximate surface area is 114 Å². The summed E-state index contributed by atoms with van der Waals surface area (Å²) in [5, 5.41) is 0. The second kappa shape index (κ2) is 4.87. The number of hydrogen-bond donors (Lipinski definition) is 1. The van der Waals surface area contributed by atoms with Crippen LogP contribution in [0.1, 0.15) is 21.5 Å². The summed E-state index contributed by atoms with van der Waals surface area (Å²) in [4.78, 5) is 12.4. The first-order valence-electron chi connectivity index (χ1n) is 5.25. The van der Waals surface area contributed by atoms with E-state index in [1.807, 2.05) is 37.3 Å². The Morgan fingerprint density at radius 3 is 2.47 bits per heavy atom. The summed E-state index contributed by atoms with van der Waals surface area (Å²) in [5.74, 6) is 0.0486. The third kappa shape index (κ3) is 2.49. The fourth-order valence-corrected chi connectivity index (χ4v) is 2.36. The van der Waals surface area contributed by atoms with E-state index in [4.69, 9.17) is 5.73 Å². The highest BCUT2D eigenvalue weighted by atomic mass is 127. The second-order valence-corrected chi connectivity index (χ2v) is 5.05. The van der Waals surface area contributed by atoms with Crippen LogP contribution in [0, 0.1) is 10.5 Å². The highest BCUT2D eigenvalue weighted by Gasteiger charge is 2.13. The van der Waals surface area contributed by atoms with Gasteiger partial charge in [0.2, 0.25) is 0 Å². The number of hydrogen-bond acceptors (Lipinski definition) is 2. The predicted molar refractivity (Wildman–Crippen MR) is 78.2 cm³/mol. The number of aryl methyl sites for hydroxylation is 1. The molecule has 2 aromatic rings. The maximum atomic E-state index is 12.4. The monoisotopic (exact) mass is 337 g/mol. The Hall–Kier alpha value is -1.36. The first-order valence-corrected chi connectivity index (χ1v) is 6.33. The largest absolute Gasteiger partial charge is 0.399 e. The van der Waals surface area contributed by atoms with E-state index in [0.29, 0.717) is 11.3 Å². The summed E-state index contributed by atoms with van der Waals surface area (Å²) in [7, 11) is 0. The van der Waals surface area contributed by atoms with E-state index in [9.17, 15) is 4.79 Å². The SMILES string of the molecule is Cc1cc(N)ccc1C(=O)c1ccccc1I. The van der Waals surface area contributed by atoms with Gasteiger partial charge in [0.05, 0.1) is 0 Å². The number of carbonyl (C=O) groups excluding carboxylic acids is 1. The molecule has 0 radical (unpaired) electrons. The Bertz CT molecular complexity index is 578. The molecular formula is C14H12INO. The van der Waals surface area contributed by atoms with Gasteiger partial charge in [-0.1, -0.05) is 12.1 Å². The van der Waals surface area contributed by atoms with Gasteiger partial charge in [0.15, 0.2) is 5.78 Å². The van der Waals surface area contributed by atoms with Gasteiger partial charge in [-0.3, -0.25) is 4.79 Å². The van der Waals surface area contributed by atoms with E-state index in [1.54, 1.807) is 12.1 Å². The molecular weight excluding hydrogens is 325 g/mol. The summed E-state index contributed by atoms with van der Waals surface area (Å²) in [6.07, 6.45) is 0. The van der Waals surface area contributed by atoms with Crippen LogP contribution < -0.4 is 5.73 Å². The van der Waals surface area contributed by atoms with Crippen LogP contribution in [-0.4, -0.2) is 5.78 Å².